The Hall–Kier alpha value is -2.36. The first-order chi connectivity index (χ1) is 13.9. The van der Waals surface area contributed by atoms with Crippen LogP contribution in [0, 0.1) is 7.14 Å². The standard InChI is InChI=1S/C25H26IN2.Rf/c1-5-16-13-18-15-19-14-17-6-2-10-28-12-4-8-21(25(17)28)23(19)26-22(18)20-7-3-11-27(9-1)24(16)20;/h13-14H,1-12H2;/q-1;. The van der Waals surface area contributed by atoms with Crippen LogP contribution >= 0.6 is 0 Å². The van der Waals surface area contributed by atoms with Crippen LogP contribution < -0.4 is 41.3 Å². The zero-order valence-electron chi connectivity index (χ0n) is 17.1. The monoisotopic (exact) mass is 748 g/mol. The van der Waals surface area contributed by atoms with Crippen molar-refractivity contribution in [2.24, 2.45) is 0 Å². The second-order valence-electron chi connectivity index (χ2n) is 9.06. The van der Waals surface area contributed by atoms with Gasteiger partial charge in [-0.25, -0.2) is 0 Å². The Balaban J connectivity index is 0.00000165. The van der Waals surface area contributed by atoms with E-state index in [0.717, 1.165) is 0 Å². The molecule has 5 aliphatic rings. The molecule has 0 radical (unpaired) electrons. The molecule has 0 N–H and O–H groups in total. The maximum Gasteiger partial charge on any atom is 0 e. The first kappa shape index (κ1) is 17.5. The Morgan fingerprint density at radius 1 is 0.828 bits per heavy atom. The van der Waals surface area contributed by atoms with Gasteiger partial charge in [0.15, 0.2) is 0 Å². The number of aryl methyl sites for hydroxylation is 2. The molecule has 0 spiro atoms. The van der Waals surface area contributed by atoms with E-state index in [1.54, 1.807) is 40.4 Å². The molecule has 0 bridgehead atoms. The fraction of sp³-hybridized carbons (Fsp3) is 0.480. The molecule has 2 aromatic carbocycles. The number of hydrogen-bond acceptors (Lipinski definition) is 1. The van der Waals surface area contributed by atoms with Crippen LogP contribution in [0.5, 0.6) is 0 Å². The Morgan fingerprint density at radius 2 is 1.59 bits per heavy atom. The van der Waals surface area contributed by atoms with Crippen molar-refractivity contribution in [2.75, 3.05) is 31.1 Å². The van der Waals surface area contributed by atoms with Crippen LogP contribution in [-0.2, 0) is 25.7 Å². The van der Waals surface area contributed by atoms with Crippen molar-refractivity contribution in [1.82, 2.24) is 4.58 Å². The molecular weight excluding hydrogens is 722 g/mol. The number of benzene rings is 2. The molecule has 0 unspecified atom stereocenters. The van der Waals surface area contributed by atoms with Crippen LogP contribution in [0.2, 0.25) is 0 Å². The van der Waals surface area contributed by atoms with E-state index in [1.165, 1.54) is 88.3 Å². The molecule has 5 heterocycles. The van der Waals surface area contributed by atoms with Crippen molar-refractivity contribution >= 4 is 11.8 Å². The van der Waals surface area contributed by atoms with Gasteiger partial charge in [-0.1, -0.05) is 0 Å². The Kier molecular flexibility index (Phi) is 3.81. The smallest absolute Gasteiger partial charge is 0 e. The van der Waals surface area contributed by atoms with Gasteiger partial charge in [-0.3, -0.25) is 0 Å². The van der Waals surface area contributed by atoms with Gasteiger partial charge >= 0.3 is 178 Å². The molecule has 0 fully saturated rings. The van der Waals surface area contributed by atoms with E-state index in [0.29, 0.717) is 0 Å². The van der Waals surface area contributed by atoms with Crippen LogP contribution in [-0.4, -0.2) is 26.2 Å². The third kappa shape index (κ3) is 2.38. The Labute approximate surface area is 177 Å². The largest absolute Gasteiger partial charge is 0 e. The van der Waals surface area contributed by atoms with Crippen molar-refractivity contribution in [1.29, 1.82) is 0 Å². The molecule has 29 heavy (non-hydrogen) atoms. The van der Waals surface area contributed by atoms with Crippen LogP contribution in [0.25, 0.3) is 6.08 Å². The van der Waals surface area contributed by atoms with E-state index in [1.807, 2.05) is 0 Å². The zero-order valence-corrected chi connectivity index (χ0v) is 25.7. The first-order valence-electron chi connectivity index (χ1n) is 11.2. The molecule has 0 saturated carbocycles. The first-order valence-corrected chi connectivity index (χ1v) is 13.3. The SMILES string of the molecule is [C-]1=c2cc3c4c(c2[I-]c2c1cc1c5c2CCCN5CCC1)CCC[N+]=4CCC3.[Rf]. The van der Waals surface area contributed by atoms with Gasteiger partial charge in [-0.2, -0.15) is 0 Å². The van der Waals surface area contributed by atoms with Gasteiger partial charge in [0, 0.05) is 0 Å². The second-order valence-corrected chi connectivity index (χ2v) is 11.8. The molecule has 0 aromatic heterocycles. The summed E-state index contributed by atoms with van der Waals surface area (Å²) in [6.45, 7) is 5.09. The predicted molar refractivity (Wildman–Crippen MR) is 109 cm³/mol. The zero-order chi connectivity index (χ0) is 18.2. The van der Waals surface area contributed by atoms with Gasteiger partial charge in [-0.05, 0) is 0 Å². The number of anilines is 1. The van der Waals surface area contributed by atoms with Crippen molar-refractivity contribution in [3.63, 3.8) is 0 Å². The normalized spacial score (nSPS) is 20.8. The summed E-state index contributed by atoms with van der Waals surface area (Å²) in [5, 5.41) is 3.11. The number of nitrogens with zero attached hydrogens (tertiary/aromatic N) is 2. The van der Waals surface area contributed by atoms with E-state index in [4.69, 9.17) is 0 Å². The molecule has 0 amide bonds. The van der Waals surface area contributed by atoms with Gasteiger partial charge in [0.1, 0.15) is 0 Å². The van der Waals surface area contributed by atoms with E-state index >= 15 is 0 Å². The number of rotatable bonds is 0. The Bertz CT molecular complexity index is 1160. The number of halogens is 1. The third-order valence-electron chi connectivity index (χ3n) is 7.37. The van der Waals surface area contributed by atoms with E-state index < -0.39 is 0 Å². The van der Waals surface area contributed by atoms with Crippen LogP contribution in [0.3, 0.4) is 0 Å². The molecule has 7 rings (SSSR count). The average Bonchev–Trinajstić information content (AvgIpc) is 2.74. The fourth-order valence-corrected chi connectivity index (χ4v) is 9.68. The quantitative estimate of drug-likeness (QED) is 0.161. The van der Waals surface area contributed by atoms with Crippen molar-refractivity contribution < 1.29 is 21.2 Å². The minimum absolute atomic E-state index is 0. The van der Waals surface area contributed by atoms with Gasteiger partial charge < -0.3 is 0 Å². The molecule has 2 aromatic rings. The average molecular weight is 748 g/mol. The summed E-state index contributed by atoms with van der Waals surface area (Å²) in [6.07, 6.45) is 14.4. The van der Waals surface area contributed by atoms with Crippen molar-refractivity contribution in [2.45, 2.75) is 51.4 Å². The summed E-state index contributed by atoms with van der Waals surface area (Å²) in [7, 11) is 0. The summed E-state index contributed by atoms with van der Waals surface area (Å²) < 4.78 is 6.15. The summed E-state index contributed by atoms with van der Waals surface area (Å²) >= 11 is -0.102. The van der Waals surface area contributed by atoms with Crippen molar-refractivity contribution in [3.05, 3.63) is 57.7 Å². The molecule has 4 heteroatoms. The Morgan fingerprint density at radius 3 is 2.48 bits per heavy atom. The number of hydrogen-bond donors (Lipinski definition) is 0. The molecular formula is C25H26IN2Rf-. The summed E-state index contributed by atoms with van der Waals surface area (Å²) in [6, 6.07) is 5.07. The van der Waals surface area contributed by atoms with Gasteiger partial charge in [-0.15, -0.1) is 0 Å². The summed E-state index contributed by atoms with van der Waals surface area (Å²) in [5.74, 6) is 0. The molecule has 2 nitrogen and oxygen atoms in total. The van der Waals surface area contributed by atoms with Crippen LogP contribution in [0.15, 0.2) is 12.1 Å². The third-order valence-corrected chi connectivity index (χ3v) is 10.9. The van der Waals surface area contributed by atoms with Crippen LogP contribution in [0.4, 0.5) is 5.69 Å². The molecule has 0 saturated heterocycles. The van der Waals surface area contributed by atoms with Gasteiger partial charge in [0.05, 0.1) is 0 Å². The van der Waals surface area contributed by atoms with Crippen LogP contribution in [0.1, 0.15) is 53.5 Å². The van der Waals surface area contributed by atoms with Gasteiger partial charge in [0.2, 0.25) is 0 Å². The molecule has 146 valence electrons. The topological polar surface area (TPSA) is 6.25 Å². The number of fused-ring (bicyclic) bond motifs is 4. The van der Waals surface area contributed by atoms with Gasteiger partial charge in [0.25, 0.3) is 0 Å². The second kappa shape index (κ2) is 6.32. The minimum atomic E-state index is -0.102. The molecule has 5 aliphatic heterocycles. The maximum atomic E-state index is 3.96. The predicted octanol–water partition coefficient (Wildman–Crippen LogP) is -1.08. The van der Waals surface area contributed by atoms with E-state index in [9.17, 15) is 0 Å². The van der Waals surface area contributed by atoms with E-state index in [-0.39, 0.29) is 21.2 Å². The fourth-order valence-electron chi connectivity index (χ4n) is 6.28. The van der Waals surface area contributed by atoms with Crippen molar-refractivity contribution in [3.8, 4) is 0 Å². The summed E-state index contributed by atoms with van der Waals surface area (Å²) in [4.78, 5) is 2.70. The summed E-state index contributed by atoms with van der Waals surface area (Å²) in [5.41, 5.74) is 9.79. The van der Waals surface area contributed by atoms with E-state index in [2.05, 4.69) is 27.7 Å². The molecule has 0 atom stereocenters. The molecule has 0 aliphatic carbocycles. The maximum absolute atomic E-state index is 3.96. The minimum Gasteiger partial charge on any atom is 0 e.